The molecule has 0 unspecified atom stereocenters. The van der Waals surface area contributed by atoms with Gasteiger partial charge in [0.15, 0.2) is 0 Å². The van der Waals surface area contributed by atoms with Gasteiger partial charge in [-0.3, -0.25) is 4.79 Å². The van der Waals surface area contributed by atoms with E-state index in [2.05, 4.69) is 25.2 Å². The molecule has 5 nitrogen and oxygen atoms in total. The van der Waals surface area contributed by atoms with Crippen molar-refractivity contribution >= 4 is 28.9 Å². The maximum atomic E-state index is 12.3. The van der Waals surface area contributed by atoms with Crippen molar-refractivity contribution in [2.24, 2.45) is 5.92 Å². The molecule has 24 heavy (non-hydrogen) atoms. The van der Waals surface area contributed by atoms with Crippen molar-refractivity contribution < 1.29 is 4.79 Å². The minimum Gasteiger partial charge on any atom is -0.397 e. The van der Waals surface area contributed by atoms with Gasteiger partial charge in [-0.25, -0.2) is 0 Å². The molecule has 126 valence electrons. The summed E-state index contributed by atoms with van der Waals surface area (Å²) in [5, 5.41) is 12.7. The molecule has 1 aromatic heterocycles. The third-order valence-corrected chi connectivity index (χ3v) is 4.00. The van der Waals surface area contributed by atoms with Crippen LogP contribution >= 0.6 is 11.6 Å². The lowest BCUT2D eigenvalue weighted by molar-refractivity contribution is -0.116. The van der Waals surface area contributed by atoms with Crippen molar-refractivity contribution in [3.05, 3.63) is 46.7 Å². The Morgan fingerprint density at radius 3 is 2.62 bits per heavy atom. The van der Waals surface area contributed by atoms with E-state index in [1.807, 2.05) is 0 Å². The van der Waals surface area contributed by atoms with Crippen LogP contribution in [0.3, 0.4) is 0 Å². The molecule has 1 aromatic carbocycles. The van der Waals surface area contributed by atoms with Crippen LogP contribution < -0.4 is 11.1 Å². The predicted molar refractivity (Wildman–Crippen MR) is 96.8 cm³/mol. The minimum atomic E-state index is -0.213. The number of nitrogens with one attached hydrogen (secondary N) is 1. The lowest BCUT2D eigenvalue weighted by Crippen LogP contribution is -2.21. The molecule has 2 aromatic rings. The van der Waals surface area contributed by atoms with Gasteiger partial charge in [0.2, 0.25) is 5.91 Å². The van der Waals surface area contributed by atoms with E-state index in [-0.39, 0.29) is 12.5 Å². The Hall–Kier alpha value is -2.45. The highest BCUT2D eigenvalue weighted by molar-refractivity contribution is 6.30. The average molecular weight is 345 g/mol. The van der Waals surface area contributed by atoms with Gasteiger partial charge >= 0.3 is 0 Å². The third kappa shape index (κ3) is 4.53. The quantitative estimate of drug-likeness (QED) is 0.835. The Morgan fingerprint density at radius 1 is 1.38 bits per heavy atom. The summed E-state index contributed by atoms with van der Waals surface area (Å²) < 4.78 is 1.70. The lowest BCUT2D eigenvalue weighted by atomic mass is 10.1. The SMILES string of the molecule is CC(C)CCc1c(N)cc(C#N)n1CC(=O)Nc1ccc(Cl)cc1. The Morgan fingerprint density at radius 2 is 2.04 bits per heavy atom. The highest BCUT2D eigenvalue weighted by atomic mass is 35.5. The topological polar surface area (TPSA) is 83.8 Å². The smallest absolute Gasteiger partial charge is 0.244 e. The Labute approximate surface area is 147 Å². The van der Waals surface area contributed by atoms with Crippen LogP contribution in [0.2, 0.25) is 5.02 Å². The molecule has 0 saturated heterocycles. The summed E-state index contributed by atoms with van der Waals surface area (Å²) in [7, 11) is 0. The fourth-order valence-corrected chi connectivity index (χ4v) is 2.59. The standard InChI is InChI=1S/C18H21ClN4O/c1-12(2)3-8-17-16(21)9-15(10-20)23(17)11-18(24)22-14-6-4-13(19)5-7-14/h4-7,9,12H,3,8,11,21H2,1-2H3,(H,22,24). The number of rotatable bonds is 6. The second-order valence-corrected chi connectivity index (χ2v) is 6.55. The zero-order valence-electron chi connectivity index (χ0n) is 13.8. The monoisotopic (exact) mass is 344 g/mol. The fraction of sp³-hybridized carbons (Fsp3) is 0.333. The first-order valence-corrected chi connectivity index (χ1v) is 8.22. The summed E-state index contributed by atoms with van der Waals surface area (Å²) in [5.74, 6) is 0.302. The van der Waals surface area contributed by atoms with Crippen LogP contribution in [0, 0.1) is 17.2 Å². The minimum absolute atomic E-state index is 0.0517. The zero-order valence-corrected chi connectivity index (χ0v) is 14.6. The maximum Gasteiger partial charge on any atom is 0.244 e. The Kier molecular flexibility index (Phi) is 5.88. The second-order valence-electron chi connectivity index (χ2n) is 6.12. The van der Waals surface area contributed by atoms with Gasteiger partial charge in [0.1, 0.15) is 18.3 Å². The van der Waals surface area contributed by atoms with Crippen LogP contribution in [0.5, 0.6) is 0 Å². The van der Waals surface area contributed by atoms with Gasteiger partial charge in [-0.1, -0.05) is 25.4 Å². The number of carbonyl (C=O) groups is 1. The number of halogens is 1. The van der Waals surface area contributed by atoms with Crippen molar-refractivity contribution in [3.8, 4) is 6.07 Å². The Balaban J connectivity index is 2.16. The van der Waals surface area contributed by atoms with E-state index in [9.17, 15) is 10.1 Å². The third-order valence-electron chi connectivity index (χ3n) is 3.74. The molecule has 3 N–H and O–H groups in total. The van der Waals surface area contributed by atoms with E-state index < -0.39 is 0 Å². The molecule has 0 saturated carbocycles. The molecule has 0 bridgehead atoms. The van der Waals surface area contributed by atoms with Crippen LogP contribution in [-0.2, 0) is 17.8 Å². The van der Waals surface area contributed by atoms with E-state index in [1.54, 1.807) is 34.9 Å². The van der Waals surface area contributed by atoms with Gasteiger partial charge in [0.05, 0.1) is 5.69 Å². The van der Waals surface area contributed by atoms with Gasteiger partial charge in [0, 0.05) is 16.4 Å². The van der Waals surface area contributed by atoms with Crippen LogP contribution in [0.25, 0.3) is 0 Å². The fourth-order valence-electron chi connectivity index (χ4n) is 2.47. The highest BCUT2D eigenvalue weighted by Gasteiger charge is 2.16. The molecule has 0 aliphatic carbocycles. The molecular formula is C18H21ClN4O. The number of benzene rings is 1. The zero-order chi connectivity index (χ0) is 17.7. The number of nitrogens with zero attached hydrogens (tertiary/aromatic N) is 2. The van der Waals surface area contributed by atoms with E-state index >= 15 is 0 Å². The summed E-state index contributed by atoms with van der Waals surface area (Å²) in [4.78, 5) is 12.3. The number of carbonyl (C=O) groups excluding carboxylic acids is 1. The highest BCUT2D eigenvalue weighted by Crippen LogP contribution is 2.22. The number of nitrogens with two attached hydrogens (primary N) is 1. The molecule has 0 aliphatic rings. The number of amides is 1. The van der Waals surface area contributed by atoms with Gasteiger partial charge in [-0.15, -0.1) is 0 Å². The average Bonchev–Trinajstić information content (AvgIpc) is 2.82. The summed E-state index contributed by atoms with van der Waals surface area (Å²) in [6.45, 7) is 4.31. The van der Waals surface area contributed by atoms with Crippen molar-refractivity contribution in [2.75, 3.05) is 11.1 Å². The molecule has 1 amide bonds. The molecule has 2 rings (SSSR count). The van der Waals surface area contributed by atoms with E-state index in [0.29, 0.717) is 28.0 Å². The summed E-state index contributed by atoms with van der Waals surface area (Å²) in [6.07, 6.45) is 1.68. The summed E-state index contributed by atoms with van der Waals surface area (Å²) in [5.41, 5.74) is 8.49. The molecule has 0 aliphatic heterocycles. The molecule has 0 spiro atoms. The van der Waals surface area contributed by atoms with Crippen molar-refractivity contribution in [3.63, 3.8) is 0 Å². The Bertz CT molecular complexity index is 757. The predicted octanol–water partition coefficient (Wildman–Crippen LogP) is 3.82. The number of hydrogen-bond acceptors (Lipinski definition) is 3. The normalized spacial score (nSPS) is 10.6. The summed E-state index contributed by atoms with van der Waals surface area (Å²) >= 11 is 5.83. The van der Waals surface area contributed by atoms with Gasteiger partial charge in [-0.2, -0.15) is 5.26 Å². The first-order valence-electron chi connectivity index (χ1n) is 7.84. The van der Waals surface area contributed by atoms with E-state index in [4.69, 9.17) is 17.3 Å². The number of nitrogen functional groups attached to an aromatic ring is 1. The number of hydrogen-bond donors (Lipinski definition) is 2. The van der Waals surface area contributed by atoms with Gasteiger partial charge < -0.3 is 15.6 Å². The molecule has 1 heterocycles. The van der Waals surface area contributed by atoms with Crippen LogP contribution in [0.1, 0.15) is 31.7 Å². The first-order chi connectivity index (χ1) is 11.4. The number of anilines is 2. The maximum absolute atomic E-state index is 12.3. The first kappa shape index (κ1) is 17.9. The van der Waals surface area contributed by atoms with E-state index in [0.717, 1.165) is 18.5 Å². The summed E-state index contributed by atoms with van der Waals surface area (Å²) in [6, 6.07) is 10.6. The van der Waals surface area contributed by atoms with Gasteiger partial charge in [0.25, 0.3) is 0 Å². The van der Waals surface area contributed by atoms with Gasteiger partial charge in [-0.05, 0) is 49.1 Å². The second kappa shape index (κ2) is 7.89. The molecule has 0 atom stereocenters. The van der Waals surface area contributed by atoms with Crippen molar-refractivity contribution in [1.82, 2.24) is 4.57 Å². The molecular weight excluding hydrogens is 324 g/mol. The van der Waals surface area contributed by atoms with Crippen molar-refractivity contribution in [1.29, 1.82) is 5.26 Å². The number of nitriles is 1. The van der Waals surface area contributed by atoms with Crippen LogP contribution in [0.15, 0.2) is 30.3 Å². The molecule has 6 heteroatoms. The van der Waals surface area contributed by atoms with Crippen LogP contribution in [-0.4, -0.2) is 10.5 Å². The molecule has 0 radical (unpaired) electrons. The lowest BCUT2D eigenvalue weighted by Gasteiger charge is -2.13. The molecule has 0 fully saturated rings. The van der Waals surface area contributed by atoms with Crippen LogP contribution in [0.4, 0.5) is 11.4 Å². The number of aromatic nitrogens is 1. The van der Waals surface area contributed by atoms with Crippen molar-refractivity contribution in [2.45, 2.75) is 33.2 Å². The van der Waals surface area contributed by atoms with E-state index in [1.165, 1.54) is 0 Å². The largest absolute Gasteiger partial charge is 0.397 e.